The van der Waals surface area contributed by atoms with Crippen LogP contribution >= 0.6 is 0 Å². The van der Waals surface area contributed by atoms with Crippen LogP contribution in [0.15, 0.2) is 59.8 Å². The Kier molecular flexibility index (Phi) is 6.27. The minimum Gasteiger partial charge on any atom is -0.490 e. The smallest absolute Gasteiger partial charge is 0.267 e. The molecular weight excluding hydrogens is 342 g/mol. The summed E-state index contributed by atoms with van der Waals surface area (Å²) in [6, 6.07) is 10.9. The van der Waals surface area contributed by atoms with Crippen molar-refractivity contribution in [3.8, 4) is 17.1 Å². The maximum Gasteiger partial charge on any atom is 0.267 e. The molecule has 7 heteroatoms. The maximum absolute atomic E-state index is 11.8. The highest BCUT2D eigenvalue weighted by Crippen LogP contribution is 2.18. The van der Waals surface area contributed by atoms with Crippen molar-refractivity contribution in [1.29, 1.82) is 0 Å². The van der Waals surface area contributed by atoms with Gasteiger partial charge >= 0.3 is 0 Å². The third-order valence-corrected chi connectivity index (χ3v) is 3.95. The van der Waals surface area contributed by atoms with E-state index in [-0.39, 0.29) is 5.56 Å². The molecule has 140 valence electrons. The number of hydrogen-bond acceptors (Lipinski definition) is 6. The molecule has 3 aromatic rings. The molecule has 0 radical (unpaired) electrons. The van der Waals surface area contributed by atoms with E-state index in [0.29, 0.717) is 24.7 Å². The molecule has 1 aromatic carbocycles. The predicted molar refractivity (Wildman–Crippen MR) is 104 cm³/mol. The molecule has 0 aliphatic heterocycles. The summed E-state index contributed by atoms with van der Waals surface area (Å²) in [7, 11) is 4.08. The SMILES string of the molecule is CN(C)CCCOc1cnc(-c2cccc(Cn3ncccc3=O)c2)nc1. The summed E-state index contributed by atoms with van der Waals surface area (Å²) in [4.78, 5) is 22.7. The van der Waals surface area contributed by atoms with E-state index in [9.17, 15) is 4.79 Å². The van der Waals surface area contributed by atoms with E-state index in [1.165, 1.54) is 10.7 Å². The molecule has 0 bridgehead atoms. The van der Waals surface area contributed by atoms with Crippen molar-refractivity contribution in [2.45, 2.75) is 13.0 Å². The van der Waals surface area contributed by atoms with Crippen molar-refractivity contribution in [3.63, 3.8) is 0 Å². The van der Waals surface area contributed by atoms with Gasteiger partial charge in [-0.2, -0.15) is 5.10 Å². The second-order valence-electron chi connectivity index (χ2n) is 6.47. The molecule has 27 heavy (non-hydrogen) atoms. The Morgan fingerprint density at radius 1 is 1.11 bits per heavy atom. The number of aromatic nitrogens is 4. The Balaban J connectivity index is 1.66. The van der Waals surface area contributed by atoms with Gasteiger partial charge in [-0.3, -0.25) is 4.79 Å². The zero-order valence-corrected chi connectivity index (χ0v) is 15.6. The molecule has 0 unspecified atom stereocenters. The zero-order chi connectivity index (χ0) is 19.1. The first-order valence-electron chi connectivity index (χ1n) is 8.83. The highest BCUT2D eigenvalue weighted by Gasteiger charge is 2.05. The molecule has 0 aliphatic carbocycles. The Hall–Kier alpha value is -3.06. The molecule has 0 saturated carbocycles. The molecule has 0 saturated heterocycles. The summed E-state index contributed by atoms with van der Waals surface area (Å²) >= 11 is 0. The first-order valence-corrected chi connectivity index (χ1v) is 8.83. The van der Waals surface area contributed by atoms with Crippen molar-refractivity contribution in [2.75, 3.05) is 27.2 Å². The van der Waals surface area contributed by atoms with Crippen molar-refractivity contribution in [1.82, 2.24) is 24.6 Å². The molecule has 0 amide bonds. The summed E-state index contributed by atoms with van der Waals surface area (Å²) in [6.07, 6.45) is 5.93. The Labute approximate surface area is 158 Å². The quantitative estimate of drug-likeness (QED) is 0.569. The average molecular weight is 365 g/mol. The van der Waals surface area contributed by atoms with E-state index in [4.69, 9.17) is 4.74 Å². The molecule has 0 spiro atoms. The van der Waals surface area contributed by atoms with Crippen molar-refractivity contribution >= 4 is 0 Å². The highest BCUT2D eigenvalue weighted by molar-refractivity contribution is 5.56. The van der Waals surface area contributed by atoms with Gasteiger partial charge in [0, 0.05) is 24.4 Å². The first-order chi connectivity index (χ1) is 13.1. The molecule has 0 atom stereocenters. The minimum absolute atomic E-state index is 0.130. The molecule has 0 fully saturated rings. The monoisotopic (exact) mass is 365 g/mol. The number of benzene rings is 1. The van der Waals surface area contributed by atoms with Crippen LogP contribution in [0, 0.1) is 0 Å². The van der Waals surface area contributed by atoms with Crippen LogP contribution in [0.2, 0.25) is 0 Å². The van der Waals surface area contributed by atoms with Crippen LogP contribution in [0.3, 0.4) is 0 Å². The zero-order valence-electron chi connectivity index (χ0n) is 15.6. The van der Waals surface area contributed by atoms with E-state index in [1.807, 2.05) is 38.4 Å². The summed E-state index contributed by atoms with van der Waals surface area (Å²) in [6.45, 7) is 2.01. The predicted octanol–water partition coefficient (Wildman–Crippen LogP) is 2.08. The summed E-state index contributed by atoms with van der Waals surface area (Å²) in [5.74, 6) is 1.28. The molecule has 2 heterocycles. The lowest BCUT2D eigenvalue weighted by Gasteiger charge is -2.10. The van der Waals surface area contributed by atoms with Crippen molar-refractivity contribution in [3.05, 3.63) is 70.9 Å². The molecule has 7 nitrogen and oxygen atoms in total. The minimum atomic E-state index is -0.130. The van der Waals surface area contributed by atoms with Gasteiger partial charge in [-0.15, -0.1) is 0 Å². The van der Waals surface area contributed by atoms with Gasteiger partial charge in [0.15, 0.2) is 11.6 Å². The number of rotatable bonds is 8. The lowest BCUT2D eigenvalue weighted by molar-refractivity contribution is 0.280. The Morgan fingerprint density at radius 2 is 1.93 bits per heavy atom. The second kappa shape index (κ2) is 9.05. The van der Waals surface area contributed by atoms with Crippen LogP contribution in [0.1, 0.15) is 12.0 Å². The fourth-order valence-electron chi connectivity index (χ4n) is 2.60. The van der Waals surface area contributed by atoms with Gasteiger partial charge < -0.3 is 9.64 Å². The van der Waals surface area contributed by atoms with E-state index < -0.39 is 0 Å². The second-order valence-corrected chi connectivity index (χ2v) is 6.47. The number of ether oxygens (including phenoxy) is 1. The van der Waals surface area contributed by atoms with Gasteiger partial charge in [-0.05, 0) is 38.2 Å². The van der Waals surface area contributed by atoms with E-state index in [1.54, 1.807) is 24.7 Å². The Morgan fingerprint density at radius 3 is 2.67 bits per heavy atom. The molecular formula is C20H23N5O2. The number of nitrogens with zero attached hydrogens (tertiary/aromatic N) is 5. The molecule has 2 aromatic heterocycles. The van der Waals surface area contributed by atoms with Crippen LogP contribution in [-0.2, 0) is 6.54 Å². The van der Waals surface area contributed by atoms with Gasteiger partial charge in [-0.1, -0.05) is 18.2 Å². The van der Waals surface area contributed by atoms with Crippen molar-refractivity contribution < 1.29 is 4.74 Å². The van der Waals surface area contributed by atoms with E-state index in [0.717, 1.165) is 24.1 Å². The van der Waals surface area contributed by atoms with Crippen LogP contribution in [-0.4, -0.2) is 51.9 Å². The van der Waals surface area contributed by atoms with Crippen LogP contribution in [0.5, 0.6) is 5.75 Å². The third kappa shape index (κ3) is 5.46. The third-order valence-electron chi connectivity index (χ3n) is 3.95. The van der Waals surface area contributed by atoms with Crippen LogP contribution in [0.4, 0.5) is 0 Å². The van der Waals surface area contributed by atoms with Gasteiger partial charge in [0.05, 0.1) is 25.5 Å². The highest BCUT2D eigenvalue weighted by atomic mass is 16.5. The van der Waals surface area contributed by atoms with Gasteiger partial charge in [0.25, 0.3) is 5.56 Å². The fraction of sp³-hybridized carbons (Fsp3) is 0.300. The maximum atomic E-state index is 11.8. The molecule has 0 N–H and O–H groups in total. The lowest BCUT2D eigenvalue weighted by atomic mass is 10.1. The lowest BCUT2D eigenvalue weighted by Crippen LogP contribution is -2.21. The van der Waals surface area contributed by atoms with Crippen LogP contribution < -0.4 is 10.3 Å². The van der Waals surface area contributed by atoms with Gasteiger partial charge in [-0.25, -0.2) is 14.6 Å². The van der Waals surface area contributed by atoms with Gasteiger partial charge in [0.2, 0.25) is 0 Å². The average Bonchev–Trinajstić information content (AvgIpc) is 2.68. The molecule has 3 rings (SSSR count). The summed E-state index contributed by atoms with van der Waals surface area (Å²) < 4.78 is 7.09. The van der Waals surface area contributed by atoms with Crippen LogP contribution in [0.25, 0.3) is 11.4 Å². The standard InChI is InChI=1S/C20H23N5O2/c1-24(2)10-5-11-27-18-13-21-20(22-14-18)17-7-3-6-16(12-17)15-25-19(26)8-4-9-23-25/h3-4,6-9,12-14H,5,10-11,15H2,1-2H3. The normalized spacial score (nSPS) is 10.9. The Bertz CT molecular complexity index is 922. The van der Waals surface area contributed by atoms with E-state index in [2.05, 4.69) is 20.0 Å². The van der Waals surface area contributed by atoms with Gasteiger partial charge in [0.1, 0.15) is 0 Å². The number of hydrogen-bond donors (Lipinski definition) is 0. The fourth-order valence-corrected chi connectivity index (χ4v) is 2.60. The topological polar surface area (TPSA) is 73.1 Å². The first kappa shape index (κ1) is 18.7. The summed E-state index contributed by atoms with van der Waals surface area (Å²) in [5, 5.41) is 4.09. The largest absolute Gasteiger partial charge is 0.490 e. The molecule has 0 aliphatic rings. The summed E-state index contributed by atoms with van der Waals surface area (Å²) in [5.41, 5.74) is 1.71. The van der Waals surface area contributed by atoms with Crippen molar-refractivity contribution in [2.24, 2.45) is 0 Å². The van der Waals surface area contributed by atoms with E-state index >= 15 is 0 Å².